The summed E-state index contributed by atoms with van der Waals surface area (Å²) in [5, 5.41) is 11.0. The molecule has 1 heterocycles. The van der Waals surface area contributed by atoms with Crippen LogP contribution in [0.4, 0.5) is 11.4 Å². The molecule has 0 unspecified atom stereocenters. The second kappa shape index (κ2) is 5.01. The smallest absolute Gasteiger partial charge is 0.273 e. The van der Waals surface area contributed by atoms with E-state index in [1.54, 1.807) is 24.0 Å². The number of hydrogen-bond donors (Lipinski definition) is 0. The molecule has 0 N–H and O–H groups in total. The van der Waals surface area contributed by atoms with Gasteiger partial charge in [0, 0.05) is 29.4 Å². The van der Waals surface area contributed by atoms with Crippen LogP contribution in [0.3, 0.4) is 0 Å². The van der Waals surface area contributed by atoms with E-state index in [-0.39, 0.29) is 11.6 Å². The average Bonchev–Trinajstić information content (AvgIpc) is 2.90. The van der Waals surface area contributed by atoms with E-state index in [2.05, 4.69) is 0 Å². The fraction of sp³-hybridized carbons (Fsp3) is 0.188. The van der Waals surface area contributed by atoms with Gasteiger partial charge in [-0.1, -0.05) is 24.3 Å². The Labute approximate surface area is 122 Å². The van der Waals surface area contributed by atoms with Crippen LogP contribution in [0.25, 0.3) is 0 Å². The zero-order chi connectivity index (χ0) is 15.0. The highest BCUT2D eigenvalue weighted by Gasteiger charge is 2.27. The first-order valence-electron chi connectivity index (χ1n) is 6.73. The number of carbonyl (C=O) groups is 1. The second-order valence-electron chi connectivity index (χ2n) is 5.04. The van der Waals surface area contributed by atoms with E-state index >= 15 is 0 Å². The first kappa shape index (κ1) is 13.3. The van der Waals surface area contributed by atoms with Gasteiger partial charge in [0.1, 0.15) is 0 Å². The molecule has 5 heteroatoms. The highest BCUT2D eigenvalue weighted by Crippen LogP contribution is 2.30. The molecular weight excluding hydrogens is 268 g/mol. The lowest BCUT2D eigenvalue weighted by Gasteiger charge is -2.18. The van der Waals surface area contributed by atoms with Gasteiger partial charge in [0.15, 0.2) is 0 Å². The molecule has 21 heavy (non-hydrogen) atoms. The van der Waals surface area contributed by atoms with E-state index in [9.17, 15) is 14.9 Å². The van der Waals surface area contributed by atoms with E-state index in [0.717, 1.165) is 17.7 Å². The minimum Gasteiger partial charge on any atom is -0.308 e. The number of para-hydroxylation sites is 1. The molecule has 0 bridgehead atoms. The SMILES string of the molecule is Cc1c(C(=O)N2CCc3ccccc32)cccc1[N+](=O)[O-]. The van der Waals surface area contributed by atoms with E-state index in [1.165, 1.54) is 6.07 Å². The second-order valence-corrected chi connectivity index (χ2v) is 5.04. The third-order valence-electron chi connectivity index (χ3n) is 3.86. The van der Waals surface area contributed by atoms with Crippen molar-refractivity contribution >= 4 is 17.3 Å². The molecule has 0 aliphatic carbocycles. The molecular formula is C16H14N2O3. The standard InChI is InChI=1S/C16H14N2O3/c1-11-13(6-4-8-14(11)18(20)21)16(19)17-10-9-12-5-2-3-7-15(12)17/h2-8H,9-10H2,1H3. The number of anilines is 1. The molecule has 1 amide bonds. The Morgan fingerprint density at radius 1 is 1.19 bits per heavy atom. The maximum atomic E-state index is 12.7. The molecule has 1 aliphatic heterocycles. The number of nitro benzene ring substituents is 1. The van der Waals surface area contributed by atoms with E-state index in [1.807, 2.05) is 24.3 Å². The topological polar surface area (TPSA) is 63.5 Å². The number of nitro groups is 1. The van der Waals surface area contributed by atoms with Gasteiger partial charge in [-0.05, 0) is 31.0 Å². The Morgan fingerprint density at radius 2 is 1.95 bits per heavy atom. The summed E-state index contributed by atoms with van der Waals surface area (Å²) in [6.45, 7) is 2.23. The van der Waals surface area contributed by atoms with Crippen LogP contribution < -0.4 is 4.90 Å². The zero-order valence-electron chi connectivity index (χ0n) is 11.6. The fourth-order valence-electron chi connectivity index (χ4n) is 2.75. The lowest BCUT2D eigenvalue weighted by atomic mass is 10.1. The van der Waals surface area contributed by atoms with Crippen molar-refractivity contribution < 1.29 is 9.72 Å². The zero-order valence-corrected chi connectivity index (χ0v) is 11.6. The Kier molecular flexibility index (Phi) is 3.17. The van der Waals surface area contributed by atoms with Crippen LogP contribution in [0.2, 0.25) is 0 Å². The monoisotopic (exact) mass is 282 g/mol. The number of carbonyl (C=O) groups excluding carboxylic acids is 1. The van der Waals surface area contributed by atoms with Crippen LogP contribution in [0.15, 0.2) is 42.5 Å². The Hall–Kier alpha value is -2.69. The summed E-state index contributed by atoms with van der Waals surface area (Å²) in [5.41, 5.74) is 2.81. The maximum absolute atomic E-state index is 12.7. The predicted octanol–water partition coefficient (Wildman–Crippen LogP) is 3.11. The largest absolute Gasteiger partial charge is 0.308 e. The van der Waals surface area contributed by atoms with Crippen LogP contribution in [-0.2, 0) is 6.42 Å². The minimum absolute atomic E-state index is 0.0201. The van der Waals surface area contributed by atoms with Gasteiger partial charge in [0.25, 0.3) is 11.6 Å². The van der Waals surface area contributed by atoms with Crippen LogP contribution in [-0.4, -0.2) is 17.4 Å². The van der Waals surface area contributed by atoms with Crippen LogP contribution in [0.5, 0.6) is 0 Å². The Bertz CT molecular complexity index is 740. The van der Waals surface area contributed by atoms with E-state index in [4.69, 9.17) is 0 Å². The van der Waals surface area contributed by atoms with Crippen molar-refractivity contribution in [2.45, 2.75) is 13.3 Å². The first-order valence-corrected chi connectivity index (χ1v) is 6.73. The number of hydrogen-bond acceptors (Lipinski definition) is 3. The lowest BCUT2D eigenvalue weighted by molar-refractivity contribution is -0.385. The van der Waals surface area contributed by atoms with Gasteiger partial charge in [-0.2, -0.15) is 0 Å². The summed E-state index contributed by atoms with van der Waals surface area (Å²) in [5.74, 6) is -0.179. The molecule has 0 spiro atoms. The fourth-order valence-corrected chi connectivity index (χ4v) is 2.75. The number of benzene rings is 2. The van der Waals surface area contributed by atoms with E-state index < -0.39 is 4.92 Å². The maximum Gasteiger partial charge on any atom is 0.273 e. The quantitative estimate of drug-likeness (QED) is 0.628. The minimum atomic E-state index is -0.454. The van der Waals surface area contributed by atoms with Gasteiger partial charge in [-0.15, -0.1) is 0 Å². The summed E-state index contributed by atoms with van der Waals surface area (Å²) < 4.78 is 0. The summed E-state index contributed by atoms with van der Waals surface area (Å²) >= 11 is 0. The van der Waals surface area contributed by atoms with Gasteiger partial charge >= 0.3 is 0 Å². The molecule has 3 rings (SSSR count). The van der Waals surface area contributed by atoms with Crippen molar-refractivity contribution in [1.29, 1.82) is 0 Å². The summed E-state index contributed by atoms with van der Waals surface area (Å²) in [6, 6.07) is 12.4. The summed E-state index contributed by atoms with van der Waals surface area (Å²) in [7, 11) is 0. The normalized spacial score (nSPS) is 13.1. The van der Waals surface area contributed by atoms with E-state index in [0.29, 0.717) is 17.7 Å². The number of amides is 1. The van der Waals surface area contributed by atoms with Crippen molar-refractivity contribution in [3.8, 4) is 0 Å². The van der Waals surface area contributed by atoms with Crippen LogP contribution in [0, 0.1) is 17.0 Å². The highest BCUT2D eigenvalue weighted by molar-refractivity contribution is 6.08. The lowest BCUT2D eigenvalue weighted by Crippen LogP contribution is -2.29. The van der Waals surface area contributed by atoms with Crippen molar-refractivity contribution in [2.75, 3.05) is 11.4 Å². The molecule has 2 aromatic carbocycles. The van der Waals surface area contributed by atoms with Crippen molar-refractivity contribution in [2.24, 2.45) is 0 Å². The molecule has 0 aromatic heterocycles. The molecule has 0 saturated heterocycles. The van der Waals surface area contributed by atoms with Crippen molar-refractivity contribution in [3.05, 3.63) is 69.3 Å². The number of fused-ring (bicyclic) bond motifs is 1. The number of nitrogens with zero attached hydrogens (tertiary/aromatic N) is 2. The van der Waals surface area contributed by atoms with Crippen molar-refractivity contribution in [3.63, 3.8) is 0 Å². The molecule has 2 aromatic rings. The highest BCUT2D eigenvalue weighted by atomic mass is 16.6. The van der Waals surface area contributed by atoms with Gasteiger partial charge in [-0.25, -0.2) is 0 Å². The molecule has 106 valence electrons. The summed E-state index contributed by atoms with van der Waals surface area (Å²) in [4.78, 5) is 24.9. The van der Waals surface area contributed by atoms with Gasteiger partial charge in [0.05, 0.1) is 4.92 Å². The Morgan fingerprint density at radius 3 is 2.71 bits per heavy atom. The molecule has 1 aliphatic rings. The summed E-state index contributed by atoms with van der Waals surface area (Å²) in [6.07, 6.45) is 0.815. The van der Waals surface area contributed by atoms with Gasteiger partial charge < -0.3 is 4.90 Å². The van der Waals surface area contributed by atoms with Crippen LogP contribution >= 0.6 is 0 Å². The molecule has 0 fully saturated rings. The van der Waals surface area contributed by atoms with Crippen LogP contribution in [0.1, 0.15) is 21.5 Å². The molecule has 0 atom stereocenters. The third kappa shape index (κ3) is 2.16. The average molecular weight is 282 g/mol. The third-order valence-corrected chi connectivity index (χ3v) is 3.86. The Balaban J connectivity index is 2.01. The number of rotatable bonds is 2. The molecule has 5 nitrogen and oxygen atoms in total. The van der Waals surface area contributed by atoms with Gasteiger partial charge in [0.2, 0.25) is 0 Å². The van der Waals surface area contributed by atoms with Gasteiger partial charge in [-0.3, -0.25) is 14.9 Å². The molecule has 0 radical (unpaired) electrons. The predicted molar refractivity (Wildman–Crippen MR) is 79.7 cm³/mol. The molecule has 0 saturated carbocycles. The van der Waals surface area contributed by atoms with Crippen molar-refractivity contribution in [1.82, 2.24) is 0 Å². The first-order chi connectivity index (χ1) is 10.1.